The van der Waals surface area contributed by atoms with Gasteiger partial charge in [0.05, 0.1) is 5.69 Å². The fraction of sp³-hybridized carbons (Fsp3) is 0.105. The molecule has 0 spiro atoms. The number of hydrogen-bond acceptors (Lipinski definition) is 4. The first-order valence-electron chi connectivity index (χ1n) is 7.92. The van der Waals surface area contributed by atoms with Gasteiger partial charge in [0.25, 0.3) is 0 Å². The molecule has 0 saturated carbocycles. The summed E-state index contributed by atoms with van der Waals surface area (Å²) in [5, 5.41) is 13.1. The van der Waals surface area contributed by atoms with Gasteiger partial charge in [0.2, 0.25) is 5.88 Å². The van der Waals surface area contributed by atoms with Crippen molar-refractivity contribution in [3.05, 3.63) is 71.7 Å². The van der Waals surface area contributed by atoms with Gasteiger partial charge in [-0.25, -0.2) is 9.18 Å². The molecule has 0 bridgehead atoms. The molecule has 0 unspecified atom stereocenters. The second-order valence-corrected chi connectivity index (χ2v) is 5.68. The highest BCUT2D eigenvalue weighted by Gasteiger charge is 2.06. The zero-order valence-electron chi connectivity index (χ0n) is 14.3. The summed E-state index contributed by atoms with van der Waals surface area (Å²) in [5.41, 5.74) is 2.27. The van der Waals surface area contributed by atoms with Gasteiger partial charge < -0.3 is 15.4 Å². The first-order valence-corrected chi connectivity index (χ1v) is 7.92. The van der Waals surface area contributed by atoms with E-state index in [9.17, 15) is 9.18 Å². The normalized spacial score (nSPS) is 10.3. The average molecular weight is 352 g/mol. The number of urea groups is 1. The van der Waals surface area contributed by atoms with Crippen LogP contribution in [0.1, 0.15) is 11.3 Å². The molecule has 7 heteroatoms. The fourth-order valence-electron chi connectivity index (χ4n) is 2.13. The molecule has 2 N–H and O–H groups in total. The summed E-state index contributed by atoms with van der Waals surface area (Å²) in [5.74, 6) is 0.577. The third kappa shape index (κ3) is 4.54. The molecule has 6 nitrogen and oxygen atoms in total. The van der Waals surface area contributed by atoms with Gasteiger partial charge in [0.1, 0.15) is 11.6 Å². The van der Waals surface area contributed by atoms with Gasteiger partial charge >= 0.3 is 6.03 Å². The molecule has 26 heavy (non-hydrogen) atoms. The van der Waals surface area contributed by atoms with Crippen molar-refractivity contribution in [2.75, 3.05) is 10.6 Å². The van der Waals surface area contributed by atoms with E-state index in [0.29, 0.717) is 28.6 Å². The number of rotatable bonds is 4. The van der Waals surface area contributed by atoms with Gasteiger partial charge in [-0.15, -0.1) is 5.10 Å². The zero-order chi connectivity index (χ0) is 18.5. The quantitative estimate of drug-likeness (QED) is 0.715. The lowest BCUT2D eigenvalue weighted by atomic mass is 10.2. The van der Waals surface area contributed by atoms with Crippen LogP contribution in [-0.4, -0.2) is 16.2 Å². The Labute approximate surface area is 150 Å². The summed E-state index contributed by atoms with van der Waals surface area (Å²) in [6, 6.07) is 14.3. The summed E-state index contributed by atoms with van der Waals surface area (Å²) < 4.78 is 19.1. The lowest BCUT2D eigenvalue weighted by Crippen LogP contribution is -2.19. The first-order chi connectivity index (χ1) is 12.5. The number of benzene rings is 2. The largest absolute Gasteiger partial charge is 0.438 e. The molecule has 1 heterocycles. The molecular weight excluding hydrogens is 335 g/mol. The Morgan fingerprint density at radius 2 is 1.62 bits per heavy atom. The number of nitrogens with zero attached hydrogens (tertiary/aromatic N) is 2. The van der Waals surface area contributed by atoms with E-state index < -0.39 is 6.03 Å². The van der Waals surface area contributed by atoms with E-state index in [2.05, 4.69) is 20.8 Å². The molecule has 0 aliphatic carbocycles. The number of aromatic nitrogens is 2. The molecule has 3 aromatic rings. The molecule has 0 atom stereocenters. The maximum absolute atomic E-state index is 13.5. The van der Waals surface area contributed by atoms with E-state index in [-0.39, 0.29) is 5.82 Å². The first kappa shape index (κ1) is 17.3. The Balaban J connectivity index is 1.58. The van der Waals surface area contributed by atoms with Crippen LogP contribution in [0.3, 0.4) is 0 Å². The molecular formula is C19H17FN4O2. The van der Waals surface area contributed by atoms with E-state index >= 15 is 0 Å². The number of nitrogens with one attached hydrogen (secondary N) is 2. The minimum atomic E-state index is -0.466. The monoisotopic (exact) mass is 352 g/mol. The molecule has 132 valence electrons. The van der Waals surface area contributed by atoms with Crippen LogP contribution in [0.15, 0.2) is 54.6 Å². The lowest BCUT2D eigenvalue weighted by molar-refractivity contribution is 0.262. The molecule has 3 rings (SSSR count). The Kier molecular flexibility index (Phi) is 5.07. The SMILES string of the molecule is Cc1ccc(Oc2ccc(NC(=O)Nc3ccc(C)c(F)c3)cc2)nn1. The predicted octanol–water partition coefficient (Wildman–Crippen LogP) is 4.67. The van der Waals surface area contributed by atoms with Crippen LogP contribution in [0.2, 0.25) is 0 Å². The van der Waals surface area contributed by atoms with E-state index in [1.807, 2.05) is 6.92 Å². The van der Waals surface area contributed by atoms with Gasteiger partial charge in [-0.1, -0.05) is 6.07 Å². The smallest absolute Gasteiger partial charge is 0.323 e. The molecule has 0 fully saturated rings. The standard InChI is InChI=1S/C19H17FN4O2/c1-12-3-5-15(11-17(12)20)22-19(25)21-14-6-8-16(9-7-14)26-18-10-4-13(2)23-24-18/h3-11H,1-2H3,(H2,21,22,25). The van der Waals surface area contributed by atoms with E-state index in [1.165, 1.54) is 6.07 Å². The van der Waals surface area contributed by atoms with Gasteiger partial charge in [-0.3, -0.25) is 0 Å². The van der Waals surface area contributed by atoms with Crippen molar-refractivity contribution < 1.29 is 13.9 Å². The van der Waals surface area contributed by atoms with Gasteiger partial charge in [0, 0.05) is 17.4 Å². The number of anilines is 2. The van der Waals surface area contributed by atoms with E-state index in [0.717, 1.165) is 5.69 Å². The molecule has 1 aromatic heterocycles. The Bertz CT molecular complexity index is 912. The summed E-state index contributed by atoms with van der Waals surface area (Å²) in [4.78, 5) is 12.0. The Morgan fingerprint density at radius 3 is 2.27 bits per heavy atom. The van der Waals surface area contributed by atoms with Crippen molar-refractivity contribution in [3.63, 3.8) is 0 Å². The van der Waals surface area contributed by atoms with Crippen LogP contribution in [-0.2, 0) is 0 Å². The Hall–Kier alpha value is -3.48. The van der Waals surface area contributed by atoms with Crippen molar-refractivity contribution in [3.8, 4) is 11.6 Å². The zero-order valence-corrected chi connectivity index (χ0v) is 14.3. The van der Waals surface area contributed by atoms with Crippen molar-refractivity contribution in [2.45, 2.75) is 13.8 Å². The predicted molar refractivity (Wildman–Crippen MR) is 97.1 cm³/mol. The van der Waals surface area contributed by atoms with Crippen molar-refractivity contribution >= 4 is 17.4 Å². The highest BCUT2D eigenvalue weighted by Crippen LogP contribution is 2.21. The van der Waals surface area contributed by atoms with Crippen LogP contribution in [0.5, 0.6) is 11.6 Å². The topological polar surface area (TPSA) is 76.1 Å². The molecule has 0 aliphatic heterocycles. The number of hydrogen-bond donors (Lipinski definition) is 2. The molecule has 2 aromatic carbocycles. The van der Waals surface area contributed by atoms with Crippen LogP contribution < -0.4 is 15.4 Å². The second kappa shape index (κ2) is 7.60. The summed E-state index contributed by atoms with van der Waals surface area (Å²) >= 11 is 0. The summed E-state index contributed by atoms with van der Waals surface area (Å²) in [7, 11) is 0. The van der Waals surface area contributed by atoms with Gasteiger partial charge in [0.15, 0.2) is 0 Å². The third-order valence-electron chi connectivity index (χ3n) is 3.54. The highest BCUT2D eigenvalue weighted by atomic mass is 19.1. The summed E-state index contributed by atoms with van der Waals surface area (Å²) in [6.07, 6.45) is 0. The molecule has 0 saturated heterocycles. The van der Waals surface area contributed by atoms with Crippen LogP contribution in [0, 0.1) is 19.7 Å². The molecule has 0 aliphatic rings. The second-order valence-electron chi connectivity index (χ2n) is 5.68. The average Bonchev–Trinajstić information content (AvgIpc) is 2.62. The lowest BCUT2D eigenvalue weighted by Gasteiger charge is -2.09. The van der Waals surface area contributed by atoms with Crippen LogP contribution >= 0.6 is 0 Å². The molecule has 0 radical (unpaired) electrons. The molecule has 2 amide bonds. The maximum Gasteiger partial charge on any atom is 0.323 e. The van der Waals surface area contributed by atoms with Gasteiger partial charge in [-0.2, -0.15) is 5.10 Å². The number of halogens is 1. The minimum absolute atomic E-state index is 0.372. The highest BCUT2D eigenvalue weighted by molar-refractivity contribution is 5.99. The fourth-order valence-corrected chi connectivity index (χ4v) is 2.13. The van der Waals surface area contributed by atoms with Gasteiger partial charge in [-0.05, 0) is 61.9 Å². The van der Waals surface area contributed by atoms with Crippen molar-refractivity contribution in [1.82, 2.24) is 10.2 Å². The number of carbonyl (C=O) groups is 1. The van der Waals surface area contributed by atoms with Crippen LogP contribution in [0.4, 0.5) is 20.6 Å². The van der Waals surface area contributed by atoms with Crippen molar-refractivity contribution in [2.24, 2.45) is 0 Å². The minimum Gasteiger partial charge on any atom is -0.438 e. The van der Waals surface area contributed by atoms with E-state index in [1.54, 1.807) is 55.5 Å². The van der Waals surface area contributed by atoms with Crippen molar-refractivity contribution in [1.29, 1.82) is 0 Å². The Morgan fingerprint density at radius 1 is 0.923 bits per heavy atom. The summed E-state index contributed by atoms with van der Waals surface area (Å²) in [6.45, 7) is 3.50. The number of ether oxygens (including phenoxy) is 1. The van der Waals surface area contributed by atoms with E-state index in [4.69, 9.17) is 4.74 Å². The number of aryl methyl sites for hydroxylation is 2. The maximum atomic E-state index is 13.5. The number of carbonyl (C=O) groups excluding carboxylic acids is 1. The van der Waals surface area contributed by atoms with Crippen LogP contribution in [0.25, 0.3) is 0 Å². The number of amides is 2. The third-order valence-corrected chi connectivity index (χ3v) is 3.54.